The maximum Gasteiger partial charge on any atom is 0.416 e. The maximum absolute atomic E-state index is 12.5. The molecule has 1 saturated carbocycles. The van der Waals surface area contributed by atoms with E-state index in [0.717, 1.165) is 37.0 Å². The molecule has 1 aromatic carbocycles. The highest BCUT2D eigenvalue weighted by atomic mass is 19.4. The molecule has 22 heavy (non-hydrogen) atoms. The van der Waals surface area contributed by atoms with Crippen LogP contribution in [0.5, 0.6) is 0 Å². The molecule has 0 spiro atoms. The number of nitrogens with one attached hydrogen (secondary N) is 1. The van der Waals surface area contributed by atoms with Gasteiger partial charge in [-0.15, -0.1) is 0 Å². The lowest BCUT2D eigenvalue weighted by molar-refractivity contribution is -0.137. The molecule has 122 valence electrons. The maximum atomic E-state index is 12.5. The van der Waals surface area contributed by atoms with Gasteiger partial charge in [-0.3, -0.25) is 4.79 Å². The third-order valence-corrected chi connectivity index (χ3v) is 4.44. The third kappa shape index (κ3) is 4.49. The molecule has 1 fully saturated rings. The van der Waals surface area contributed by atoms with E-state index in [9.17, 15) is 18.0 Å². The number of hydrogen-bond donors (Lipinski definition) is 1. The summed E-state index contributed by atoms with van der Waals surface area (Å²) in [6.45, 7) is 2.58. The first-order valence-electron chi connectivity index (χ1n) is 7.82. The zero-order valence-corrected chi connectivity index (χ0v) is 12.7. The second-order valence-corrected chi connectivity index (χ2v) is 6.10. The Morgan fingerprint density at radius 2 is 1.82 bits per heavy atom. The average Bonchev–Trinajstić information content (AvgIpc) is 2.47. The number of rotatable bonds is 4. The molecular formula is C17H22F3NO. The van der Waals surface area contributed by atoms with Crippen LogP contribution in [0.4, 0.5) is 13.2 Å². The summed E-state index contributed by atoms with van der Waals surface area (Å²) in [4.78, 5) is 12.1. The molecule has 1 aliphatic rings. The molecule has 1 amide bonds. The number of hydrogen-bond acceptors (Lipinski definition) is 1. The molecule has 2 rings (SSSR count). The molecule has 2 unspecified atom stereocenters. The van der Waals surface area contributed by atoms with Crippen molar-refractivity contribution in [2.24, 2.45) is 11.8 Å². The van der Waals surface area contributed by atoms with Crippen LogP contribution in [0.1, 0.15) is 43.7 Å². The lowest BCUT2D eigenvalue weighted by atomic mass is 9.80. The largest absolute Gasteiger partial charge is 0.416 e. The van der Waals surface area contributed by atoms with Gasteiger partial charge in [-0.1, -0.05) is 31.9 Å². The van der Waals surface area contributed by atoms with E-state index in [1.165, 1.54) is 18.6 Å². The monoisotopic (exact) mass is 313 g/mol. The van der Waals surface area contributed by atoms with Crippen molar-refractivity contribution in [1.82, 2.24) is 5.32 Å². The van der Waals surface area contributed by atoms with Gasteiger partial charge in [0, 0.05) is 12.5 Å². The van der Waals surface area contributed by atoms with Crippen LogP contribution in [0.15, 0.2) is 24.3 Å². The highest BCUT2D eigenvalue weighted by Gasteiger charge is 2.30. The van der Waals surface area contributed by atoms with Gasteiger partial charge >= 0.3 is 6.18 Å². The number of halogens is 3. The summed E-state index contributed by atoms with van der Waals surface area (Å²) < 4.78 is 37.4. The Bertz CT molecular complexity index is 496. The van der Waals surface area contributed by atoms with Crippen LogP contribution in [-0.2, 0) is 17.4 Å². The van der Waals surface area contributed by atoms with Crippen LogP contribution < -0.4 is 5.32 Å². The molecule has 1 aliphatic carbocycles. The van der Waals surface area contributed by atoms with E-state index in [2.05, 4.69) is 12.2 Å². The smallest absolute Gasteiger partial charge is 0.356 e. The van der Waals surface area contributed by atoms with Crippen molar-refractivity contribution in [2.45, 2.75) is 45.2 Å². The molecule has 1 N–H and O–H groups in total. The lowest BCUT2D eigenvalue weighted by Gasteiger charge is -2.27. The van der Waals surface area contributed by atoms with Crippen LogP contribution >= 0.6 is 0 Å². The molecular weight excluding hydrogens is 291 g/mol. The fraction of sp³-hybridized carbons (Fsp3) is 0.588. The zero-order valence-electron chi connectivity index (χ0n) is 12.7. The summed E-state index contributed by atoms with van der Waals surface area (Å²) in [6, 6.07) is 5.11. The van der Waals surface area contributed by atoms with Crippen molar-refractivity contribution in [3.8, 4) is 0 Å². The third-order valence-electron chi connectivity index (χ3n) is 4.44. The van der Waals surface area contributed by atoms with Gasteiger partial charge in [0.15, 0.2) is 0 Å². The van der Waals surface area contributed by atoms with E-state index < -0.39 is 11.7 Å². The van der Waals surface area contributed by atoms with Crippen molar-refractivity contribution in [3.05, 3.63) is 35.4 Å². The first-order chi connectivity index (χ1) is 10.4. The van der Waals surface area contributed by atoms with Crippen LogP contribution in [0.2, 0.25) is 0 Å². The van der Waals surface area contributed by atoms with E-state index in [4.69, 9.17) is 0 Å². The van der Waals surface area contributed by atoms with Crippen molar-refractivity contribution >= 4 is 5.91 Å². The average molecular weight is 313 g/mol. The topological polar surface area (TPSA) is 29.1 Å². The molecule has 2 nitrogen and oxygen atoms in total. The first-order valence-corrected chi connectivity index (χ1v) is 7.82. The molecule has 0 bridgehead atoms. The highest BCUT2D eigenvalue weighted by Crippen LogP contribution is 2.30. The summed E-state index contributed by atoms with van der Waals surface area (Å²) in [5.74, 6) is 0.584. The minimum absolute atomic E-state index is 0.0825. The Kier molecular flexibility index (Phi) is 5.48. The minimum atomic E-state index is -4.30. The molecule has 0 aromatic heterocycles. The summed E-state index contributed by atoms with van der Waals surface area (Å²) in [5.41, 5.74) is 0.154. The molecule has 1 aromatic rings. The predicted molar refractivity (Wildman–Crippen MR) is 79.3 cm³/mol. The molecule has 0 saturated heterocycles. The molecule has 0 radical (unpaired) electrons. The number of carbonyl (C=O) groups is 1. The van der Waals surface area contributed by atoms with Gasteiger partial charge in [-0.25, -0.2) is 0 Å². The predicted octanol–water partition coefficient (Wildman–Crippen LogP) is 4.19. The van der Waals surface area contributed by atoms with E-state index >= 15 is 0 Å². The summed E-state index contributed by atoms with van der Waals surface area (Å²) in [5, 5.41) is 2.91. The van der Waals surface area contributed by atoms with E-state index in [-0.39, 0.29) is 11.8 Å². The quantitative estimate of drug-likeness (QED) is 0.887. The van der Waals surface area contributed by atoms with Gasteiger partial charge in [0.25, 0.3) is 0 Å². The number of amides is 1. The normalized spacial score (nSPS) is 22.4. The lowest BCUT2D eigenvalue weighted by Crippen LogP contribution is -2.36. The SMILES string of the molecule is CC1CCCCC1C(=O)NCCc1ccc(C(F)(F)F)cc1. The molecule has 5 heteroatoms. The Morgan fingerprint density at radius 3 is 2.41 bits per heavy atom. The molecule has 0 aliphatic heterocycles. The fourth-order valence-electron chi connectivity index (χ4n) is 3.03. The van der Waals surface area contributed by atoms with Gasteiger partial charge in [-0.05, 0) is 42.9 Å². The fourth-order valence-corrected chi connectivity index (χ4v) is 3.03. The van der Waals surface area contributed by atoms with E-state index in [0.29, 0.717) is 18.9 Å². The van der Waals surface area contributed by atoms with E-state index in [1.54, 1.807) is 0 Å². The van der Waals surface area contributed by atoms with Gasteiger partial charge < -0.3 is 5.32 Å². The number of alkyl halides is 3. The van der Waals surface area contributed by atoms with Gasteiger partial charge in [0.1, 0.15) is 0 Å². The van der Waals surface area contributed by atoms with Crippen molar-refractivity contribution in [2.75, 3.05) is 6.54 Å². The summed E-state index contributed by atoms with van der Waals surface area (Å²) in [7, 11) is 0. The number of carbonyl (C=O) groups excluding carboxylic acids is 1. The van der Waals surface area contributed by atoms with Crippen LogP contribution in [0, 0.1) is 11.8 Å². The molecule has 0 heterocycles. The van der Waals surface area contributed by atoms with Crippen molar-refractivity contribution in [3.63, 3.8) is 0 Å². The van der Waals surface area contributed by atoms with Crippen LogP contribution in [0.25, 0.3) is 0 Å². The Balaban J connectivity index is 1.79. The van der Waals surface area contributed by atoms with Crippen molar-refractivity contribution in [1.29, 1.82) is 0 Å². The van der Waals surface area contributed by atoms with Crippen LogP contribution in [-0.4, -0.2) is 12.5 Å². The second kappa shape index (κ2) is 7.16. The molecule has 2 atom stereocenters. The summed E-state index contributed by atoms with van der Waals surface area (Å²) >= 11 is 0. The zero-order chi connectivity index (χ0) is 16.2. The second-order valence-electron chi connectivity index (χ2n) is 6.10. The Hall–Kier alpha value is -1.52. The Labute approximate surface area is 129 Å². The van der Waals surface area contributed by atoms with Gasteiger partial charge in [0.2, 0.25) is 5.91 Å². The van der Waals surface area contributed by atoms with Gasteiger partial charge in [-0.2, -0.15) is 13.2 Å². The first kappa shape index (κ1) is 16.8. The summed E-state index contributed by atoms with van der Waals surface area (Å²) in [6.07, 6.45) is 0.566. The number of benzene rings is 1. The highest BCUT2D eigenvalue weighted by molar-refractivity contribution is 5.79. The van der Waals surface area contributed by atoms with E-state index in [1.807, 2.05) is 0 Å². The standard InChI is InChI=1S/C17H22F3NO/c1-12-4-2-3-5-15(12)16(22)21-11-10-13-6-8-14(9-7-13)17(18,19)20/h6-9,12,15H,2-5,10-11H2,1H3,(H,21,22). The van der Waals surface area contributed by atoms with Crippen molar-refractivity contribution < 1.29 is 18.0 Å². The van der Waals surface area contributed by atoms with Crippen LogP contribution in [0.3, 0.4) is 0 Å². The van der Waals surface area contributed by atoms with Gasteiger partial charge in [0.05, 0.1) is 5.56 Å². The Morgan fingerprint density at radius 1 is 1.18 bits per heavy atom. The minimum Gasteiger partial charge on any atom is -0.356 e.